The highest BCUT2D eigenvalue weighted by Gasteiger charge is 2.27. The average molecular weight is 425 g/mol. The molecule has 0 radical (unpaired) electrons. The van der Waals surface area contributed by atoms with Crippen molar-refractivity contribution in [1.82, 2.24) is 0 Å². The maximum atomic E-state index is 12.2. The van der Waals surface area contributed by atoms with Crippen molar-refractivity contribution in [2.75, 3.05) is 35.5 Å². The summed E-state index contributed by atoms with van der Waals surface area (Å²) in [5.41, 5.74) is 1.54. The Morgan fingerprint density at radius 3 is 1.79 bits per heavy atom. The van der Waals surface area contributed by atoms with Gasteiger partial charge in [-0.15, -0.1) is 0 Å². The highest BCUT2D eigenvalue weighted by Crippen LogP contribution is 2.49. The summed E-state index contributed by atoms with van der Waals surface area (Å²) in [6.07, 6.45) is 3.65. The number of benzene rings is 2. The Morgan fingerprint density at radius 2 is 1.31 bits per heavy atom. The second-order valence-corrected chi connectivity index (χ2v) is 7.18. The summed E-state index contributed by atoms with van der Waals surface area (Å²) >= 11 is 0. The fraction of sp³-hybridized carbons (Fsp3) is 0.263. The van der Waals surface area contributed by atoms with Crippen LogP contribution in [0.15, 0.2) is 30.3 Å². The van der Waals surface area contributed by atoms with E-state index < -0.39 is 7.82 Å². The number of nitrogens with two attached hydrogens (primary N) is 1. The van der Waals surface area contributed by atoms with Gasteiger partial charge in [0.05, 0.1) is 28.4 Å². The molecular weight excluding hydrogens is 401 g/mol. The van der Waals surface area contributed by atoms with Crippen LogP contribution in [0.5, 0.6) is 28.7 Å². The van der Waals surface area contributed by atoms with Crippen molar-refractivity contribution in [2.45, 2.75) is 0 Å². The summed E-state index contributed by atoms with van der Waals surface area (Å²) in [5.74, 6) is 7.06. The van der Waals surface area contributed by atoms with Gasteiger partial charge in [-0.1, -0.05) is 18.2 Å². The van der Waals surface area contributed by atoms with Crippen LogP contribution in [0.1, 0.15) is 11.1 Å². The molecule has 0 bridgehead atoms. The molecule has 10 heteroatoms. The average Bonchev–Trinajstić information content (AvgIpc) is 2.76. The lowest BCUT2D eigenvalue weighted by molar-refractivity contribution is 0.180. The van der Waals surface area contributed by atoms with Gasteiger partial charge >= 0.3 is 7.82 Å². The van der Waals surface area contributed by atoms with Crippen LogP contribution in [-0.2, 0) is 13.7 Å². The quantitative estimate of drug-likeness (QED) is 0.344. The zero-order valence-electron chi connectivity index (χ0n) is 16.8. The number of methoxy groups -OCH3 is 4. The van der Waals surface area contributed by atoms with E-state index in [9.17, 15) is 4.57 Å². The SMILES string of the molecule is COc1ccc(/C=C\c2cc(OC)c(OC)c(OC)c2)cc1OP(=O)(OC)ON. The van der Waals surface area contributed by atoms with Crippen LogP contribution in [0.2, 0.25) is 0 Å². The standard InChI is InChI=1S/C19H24NO8P/c1-22-15-9-8-13(10-16(15)27-29(21,26-5)28-20)6-7-14-11-17(23-2)19(25-4)18(12-14)24-3/h6-12H,20H2,1-5H3/b7-6-. The zero-order valence-corrected chi connectivity index (χ0v) is 17.7. The first kappa shape index (κ1) is 22.6. The van der Waals surface area contributed by atoms with Crippen molar-refractivity contribution >= 4 is 20.0 Å². The monoisotopic (exact) mass is 425 g/mol. The molecule has 2 rings (SSSR count). The van der Waals surface area contributed by atoms with Crippen molar-refractivity contribution in [3.63, 3.8) is 0 Å². The smallest absolute Gasteiger partial charge is 0.493 e. The predicted molar refractivity (Wildman–Crippen MR) is 109 cm³/mol. The van der Waals surface area contributed by atoms with Crippen molar-refractivity contribution in [1.29, 1.82) is 0 Å². The Morgan fingerprint density at radius 1 is 0.759 bits per heavy atom. The highest BCUT2D eigenvalue weighted by molar-refractivity contribution is 7.48. The van der Waals surface area contributed by atoms with Crippen LogP contribution in [0.4, 0.5) is 0 Å². The lowest BCUT2D eigenvalue weighted by Gasteiger charge is -2.16. The molecule has 0 spiro atoms. The summed E-state index contributed by atoms with van der Waals surface area (Å²) in [6, 6.07) is 8.67. The topological polar surface area (TPSA) is 108 Å². The summed E-state index contributed by atoms with van der Waals surface area (Å²) in [4.78, 5) is 0. The minimum absolute atomic E-state index is 0.148. The summed E-state index contributed by atoms with van der Waals surface area (Å²) < 4.78 is 47.7. The molecule has 0 aliphatic rings. The number of rotatable bonds is 10. The summed E-state index contributed by atoms with van der Waals surface area (Å²) in [7, 11) is 3.30. The number of ether oxygens (including phenoxy) is 4. The van der Waals surface area contributed by atoms with Crippen LogP contribution in [-0.4, -0.2) is 35.5 Å². The molecule has 0 saturated carbocycles. The molecule has 1 unspecified atom stereocenters. The summed E-state index contributed by atoms with van der Waals surface area (Å²) in [6.45, 7) is 0. The number of hydrogen-bond donors (Lipinski definition) is 1. The Bertz CT molecular complexity index is 882. The lowest BCUT2D eigenvalue weighted by atomic mass is 10.1. The van der Waals surface area contributed by atoms with Crippen LogP contribution >= 0.6 is 7.82 Å². The van der Waals surface area contributed by atoms with E-state index in [0.29, 0.717) is 23.0 Å². The summed E-state index contributed by atoms with van der Waals surface area (Å²) in [5, 5.41) is 0. The van der Waals surface area contributed by atoms with Crippen molar-refractivity contribution in [3.05, 3.63) is 41.5 Å². The van der Waals surface area contributed by atoms with Crippen molar-refractivity contribution < 1.29 is 37.2 Å². The molecule has 1 atom stereocenters. The minimum Gasteiger partial charge on any atom is -0.493 e. The predicted octanol–water partition coefficient (Wildman–Crippen LogP) is 3.92. The Balaban J connectivity index is 2.38. The Labute approximate surface area is 169 Å². The first-order valence-corrected chi connectivity index (χ1v) is 9.79. The van der Waals surface area contributed by atoms with Crippen molar-refractivity contribution in [3.8, 4) is 28.7 Å². The van der Waals surface area contributed by atoms with Gasteiger partial charge in [0.15, 0.2) is 23.0 Å². The van der Waals surface area contributed by atoms with Gasteiger partial charge in [0.2, 0.25) is 5.75 Å². The van der Waals surface area contributed by atoms with Gasteiger partial charge in [-0.2, -0.15) is 4.62 Å². The molecule has 29 heavy (non-hydrogen) atoms. The van der Waals surface area contributed by atoms with E-state index >= 15 is 0 Å². The normalized spacial score (nSPS) is 13.0. The van der Waals surface area contributed by atoms with Gasteiger partial charge in [0.25, 0.3) is 0 Å². The van der Waals surface area contributed by atoms with Crippen LogP contribution in [0.25, 0.3) is 12.2 Å². The Hall–Kier alpha value is -2.71. The van der Waals surface area contributed by atoms with Gasteiger partial charge in [0, 0.05) is 7.11 Å². The van der Waals surface area contributed by atoms with Crippen molar-refractivity contribution in [2.24, 2.45) is 5.90 Å². The zero-order chi connectivity index (χ0) is 21.4. The number of phosphoric acid groups is 1. The molecule has 0 aliphatic carbocycles. The fourth-order valence-corrected chi connectivity index (χ4v) is 3.07. The lowest BCUT2D eigenvalue weighted by Crippen LogP contribution is -2.05. The van der Waals surface area contributed by atoms with E-state index in [4.69, 9.17) is 33.9 Å². The Kier molecular flexibility index (Phi) is 7.92. The van der Waals surface area contributed by atoms with E-state index in [1.54, 1.807) is 51.7 Å². The third-order valence-corrected chi connectivity index (χ3v) is 5.03. The minimum atomic E-state index is -3.94. The maximum Gasteiger partial charge on any atom is 0.546 e. The first-order valence-electron chi connectivity index (χ1n) is 8.33. The molecule has 0 amide bonds. The molecule has 9 nitrogen and oxygen atoms in total. The molecule has 0 fully saturated rings. The second kappa shape index (κ2) is 10.2. The van der Waals surface area contributed by atoms with E-state index in [2.05, 4.69) is 4.62 Å². The van der Waals surface area contributed by atoms with E-state index in [-0.39, 0.29) is 5.75 Å². The highest BCUT2D eigenvalue weighted by atomic mass is 31.2. The molecule has 0 aromatic heterocycles. The van der Waals surface area contributed by atoms with E-state index in [0.717, 1.165) is 18.2 Å². The van der Waals surface area contributed by atoms with Crippen LogP contribution in [0.3, 0.4) is 0 Å². The largest absolute Gasteiger partial charge is 0.546 e. The molecular formula is C19H24NO8P. The maximum absolute atomic E-state index is 12.2. The van der Waals surface area contributed by atoms with Crippen LogP contribution in [0, 0.1) is 0 Å². The van der Waals surface area contributed by atoms with Crippen LogP contribution < -0.4 is 29.4 Å². The molecule has 2 aromatic carbocycles. The van der Waals surface area contributed by atoms with Gasteiger partial charge in [-0.25, -0.2) is 10.5 Å². The molecule has 2 N–H and O–H groups in total. The van der Waals surface area contributed by atoms with Gasteiger partial charge < -0.3 is 23.5 Å². The molecule has 2 aromatic rings. The van der Waals surface area contributed by atoms with Gasteiger partial charge in [-0.05, 0) is 35.4 Å². The third-order valence-electron chi connectivity index (χ3n) is 3.91. The number of hydrogen-bond acceptors (Lipinski definition) is 9. The number of phosphoric ester groups is 1. The molecule has 158 valence electrons. The van der Waals surface area contributed by atoms with Gasteiger partial charge in [-0.3, -0.25) is 4.52 Å². The molecule has 0 heterocycles. The first-order chi connectivity index (χ1) is 13.9. The van der Waals surface area contributed by atoms with Gasteiger partial charge in [0.1, 0.15) is 0 Å². The third kappa shape index (κ3) is 5.42. The second-order valence-electron chi connectivity index (χ2n) is 5.53. The van der Waals surface area contributed by atoms with E-state index in [1.165, 1.54) is 7.11 Å². The fourth-order valence-electron chi connectivity index (χ4n) is 2.48. The van der Waals surface area contributed by atoms with E-state index in [1.807, 2.05) is 12.2 Å². The molecule has 0 aliphatic heterocycles. The molecule has 0 saturated heterocycles.